The Labute approximate surface area is 205 Å². The molecule has 36 heavy (non-hydrogen) atoms. The van der Waals surface area contributed by atoms with Gasteiger partial charge in [-0.3, -0.25) is 33.7 Å². The standard InChI is InChI=1S/C25H26N2O9/c1-9-11-7-6-10(5-4-8-28)18(29)13(11)19(30)14-12(9)20(31)16-17(27(2)3)21(32)15(24(26)35)23(34)25(16,36)22(14)33/h4-9,12,14-17,20,29,31,36H,1-3H3,(H2,26,35)/b5-4+/t9-,12+,14?,15?,16+,17-,20-,25-/m0/s1. The number of amides is 1. The molecule has 2 fully saturated rings. The number of allylic oxidation sites excluding steroid dienone is 1. The monoisotopic (exact) mass is 498 g/mol. The van der Waals surface area contributed by atoms with Crippen LogP contribution in [0.2, 0.25) is 0 Å². The predicted octanol–water partition coefficient (Wildman–Crippen LogP) is -1.39. The number of fused-ring (bicyclic) bond motifs is 3. The van der Waals surface area contributed by atoms with Crippen molar-refractivity contribution >= 4 is 41.4 Å². The number of phenolic OH excluding ortho intramolecular Hbond substituents is 1. The number of carbonyl (C=O) groups is 6. The zero-order chi connectivity index (χ0) is 26.9. The lowest BCUT2D eigenvalue weighted by Gasteiger charge is -2.56. The number of aldehydes is 1. The molecule has 11 nitrogen and oxygen atoms in total. The molecule has 11 heteroatoms. The SMILES string of the molecule is C[C@H]1c2ccc(/C=C/C=O)c(O)c2C(=O)C2C(=O)[C@]3(O)C(=O)C(C(N)=O)C(=O)[C@@H](N(C)C)[C@@H]3[C@@H](O)[C@@H]21. The first kappa shape index (κ1) is 25.5. The van der Waals surface area contributed by atoms with E-state index < -0.39 is 82.1 Å². The van der Waals surface area contributed by atoms with Crippen LogP contribution in [-0.4, -0.2) is 87.4 Å². The molecule has 0 saturated heterocycles. The number of hydrogen-bond donors (Lipinski definition) is 4. The van der Waals surface area contributed by atoms with Gasteiger partial charge in [-0.05, 0) is 37.7 Å². The van der Waals surface area contributed by atoms with Crippen LogP contribution in [0.5, 0.6) is 5.75 Å². The van der Waals surface area contributed by atoms with Gasteiger partial charge in [-0.2, -0.15) is 0 Å². The summed E-state index contributed by atoms with van der Waals surface area (Å²) in [6, 6.07) is 1.58. The number of primary amides is 1. The fourth-order valence-corrected chi connectivity index (χ4v) is 6.28. The molecule has 4 rings (SSSR count). The second-order valence-electron chi connectivity index (χ2n) is 9.83. The number of nitrogens with zero attached hydrogens (tertiary/aromatic N) is 1. The second kappa shape index (κ2) is 8.54. The number of rotatable bonds is 4. The third-order valence-electron chi connectivity index (χ3n) is 7.88. The number of phenols is 1. The van der Waals surface area contributed by atoms with E-state index in [9.17, 15) is 44.1 Å². The van der Waals surface area contributed by atoms with Crippen molar-refractivity contribution in [1.82, 2.24) is 4.90 Å². The predicted molar refractivity (Wildman–Crippen MR) is 123 cm³/mol. The summed E-state index contributed by atoms with van der Waals surface area (Å²) < 4.78 is 0. The largest absolute Gasteiger partial charge is 0.507 e. The fourth-order valence-electron chi connectivity index (χ4n) is 6.28. The van der Waals surface area contributed by atoms with Crippen molar-refractivity contribution in [2.24, 2.45) is 29.4 Å². The number of carbonyl (C=O) groups excluding carboxylic acids is 6. The van der Waals surface area contributed by atoms with E-state index in [4.69, 9.17) is 5.73 Å². The van der Waals surface area contributed by atoms with Crippen LogP contribution in [0.25, 0.3) is 6.08 Å². The number of aliphatic hydroxyl groups is 2. The van der Waals surface area contributed by atoms with E-state index in [1.54, 1.807) is 6.92 Å². The van der Waals surface area contributed by atoms with Gasteiger partial charge in [0.1, 0.15) is 12.0 Å². The minimum atomic E-state index is -3.04. The topological polar surface area (TPSA) is 192 Å². The van der Waals surface area contributed by atoms with E-state index in [2.05, 4.69) is 0 Å². The number of hydrogen-bond acceptors (Lipinski definition) is 10. The lowest BCUT2D eigenvalue weighted by Crippen LogP contribution is -2.77. The lowest BCUT2D eigenvalue weighted by atomic mass is 9.49. The normalized spacial score (nSPS) is 36.0. The smallest absolute Gasteiger partial charge is 0.235 e. The lowest BCUT2D eigenvalue weighted by molar-refractivity contribution is -0.196. The van der Waals surface area contributed by atoms with E-state index in [0.717, 1.165) is 6.08 Å². The van der Waals surface area contributed by atoms with Gasteiger partial charge in [0.05, 0.1) is 29.5 Å². The van der Waals surface area contributed by atoms with E-state index >= 15 is 0 Å². The third kappa shape index (κ3) is 3.16. The summed E-state index contributed by atoms with van der Waals surface area (Å²) in [5.74, 6) is -13.8. The van der Waals surface area contributed by atoms with Crippen LogP contribution >= 0.6 is 0 Å². The molecule has 0 aromatic heterocycles. The van der Waals surface area contributed by atoms with Gasteiger partial charge < -0.3 is 21.1 Å². The zero-order valence-corrected chi connectivity index (χ0v) is 19.7. The molecule has 1 aromatic carbocycles. The van der Waals surface area contributed by atoms with Crippen molar-refractivity contribution < 1.29 is 44.1 Å². The Kier molecular flexibility index (Phi) is 6.06. The Morgan fingerprint density at radius 1 is 1.14 bits per heavy atom. The van der Waals surface area contributed by atoms with Crippen molar-refractivity contribution in [3.8, 4) is 5.75 Å². The third-order valence-corrected chi connectivity index (χ3v) is 7.88. The molecule has 2 unspecified atom stereocenters. The molecule has 1 aromatic rings. The molecule has 5 N–H and O–H groups in total. The molecule has 0 spiro atoms. The van der Waals surface area contributed by atoms with E-state index in [0.29, 0.717) is 11.8 Å². The van der Waals surface area contributed by atoms with Crippen LogP contribution in [0.3, 0.4) is 0 Å². The second-order valence-corrected chi connectivity index (χ2v) is 9.83. The Hall–Kier alpha value is -3.54. The van der Waals surface area contributed by atoms with Gasteiger partial charge >= 0.3 is 0 Å². The van der Waals surface area contributed by atoms with Crippen molar-refractivity contribution in [3.63, 3.8) is 0 Å². The van der Waals surface area contributed by atoms with Gasteiger partial charge in [0.2, 0.25) is 5.91 Å². The Morgan fingerprint density at radius 3 is 2.33 bits per heavy atom. The zero-order valence-electron chi connectivity index (χ0n) is 19.7. The minimum absolute atomic E-state index is 0.126. The fraction of sp³-hybridized carbons (Fsp3) is 0.440. The molecule has 2 saturated carbocycles. The first-order valence-electron chi connectivity index (χ1n) is 11.3. The van der Waals surface area contributed by atoms with E-state index in [1.807, 2.05) is 0 Å². The molecular weight excluding hydrogens is 472 g/mol. The number of benzene rings is 1. The highest BCUT2D eigenvalue weighted by atomic mass is 16.3. The molecule has 0 bridgehead atoms. The maximum Gasteiger partial charge on any atom is 0.235 e. The van der Waals surface area contributed by atoms with Crippen LogP contribution < -0.4 is 5.73 Å². The molecule has 0 radical (unpaired) electrons. The highest BCUT2D eigenvalue weighted by molar-refractivity contribution is 6.32. The number of likely N-dealkylation sites (N-methyl/N-ethyl adjacent to an activating group) is 1. The molecule has 3 aliphatic rings. The average molecular weight is 498 g/mol. The first-order chi connectivity index (χ1) is 16.8. The molecule has 0 aliphatic heterocycles. The average Bonchev–Trinajstić information content (AvgIpc) is 2.80. The van der Waals surface area contributed by atoms with Gasteiger partial charge in [-0.25, -0.2) is 0 Å². The van der Waals surface area contributed by atoms with Crippen LogP contribution in [0, 0.1) is 23.7 Å². The van der Waals surface area contributed by atoms with Gasteiger partial charge in [0.25, 0.3) is 0 Å². The van der Waals surface area contributed by atoms with Crippen LogP contribution in [-0.2, 0) is 24.0 Å². The van der Waals surface area contributed by atoms with Gasteiger partial charge in [-0.15, -0.1) is 0 Å². The highest BCUT2D eigenvalue weighted by Gasteiger charge is 2.72. The van der Waals surface area contributed by atoms with Crippen molar-refractivity contribution in [3.05, 3.63) is 34.9 Å². The van der Waals surface area contributed by atoms with E-state index in [-0.39, 0.29) is 11.1 Å². The minimum Gasteiger partial charge on any atom is -0.507 e. The summed E-state index contributed by atoms with van der Waals surface area (Å²) in [6.45, 7) is 1.62. The Bertz CT molecular complexity index is 1250. The van der Waals surface area contributed by atoms with Crippen LogP contribution in [0.4, 0.5) is 0 Å². The van der Waals surface area contributed by atoms with Crippen molar-refractivity contribution in [1.29, 1.82) is 0 Å². The van der Waals surface area contributed by atoms with E-state index in [1.165, 1.54) is 37.2 Å². The number of nitrogens with two attached hydrogens (primary N) is 1. The summed E-state index contributed by atoms with van der Waals surface area (Å²) in [5, 5.41) is 33.9. The maximum atomic E-state index is 13.8. The highest BCUT2D eigenvalue weighted by Crippen LogP contribution is 2.54. The Balaban J connectivity index is 1.94. The van der Waals surface area contributed by atoms with Gasteiger partial charge in [0, 0.05) is 11.5 Å². The first-order valence-corrected chi connectivity index (χ1v) is 11.3. The number of aromatic hydroxyl groups is 1. The molecule has 1 amide bonds. The molecule has 3 aliphatic carbocycles. The molecular formula is C25H26N2O9. The number of aliphatic hydroxyl groups excluding tert-OH is 1. The van der Waals surface area contributed by atoms with Crippen LogP contribution in [0.15, 0.2) is 18.2 Å². The number of ketones is 4. The summed E-state index contributed by atoms with van der Waals surface area (Å²) in [7, 11) is 2.86. The summed E-state index contributed by atoms with van der Waals surface area (Å²) in [5.41, 5.74) is 2.46. The van der Waals surface area contributed by atoms with Gasteiger partial charge in [0.15, 0.2) is 34.7 Å². The number of Topliss-reactive ketones (excluding diaryl/α,β-unsaturated/α-hetero) is 4. The summed E-state index contributed by atoms with van der Waals surface area (Å²) in [6.07, 6.45) is 1.16. The van der Waals surface area contributed by atoms with Crippen LogP contribution in [0.1, 0.15) is 34.3 Å². The van der Waals surface area contributed by atoms with Gasteiger partial charge in [-0.1, -0.05) is 19.1 Å². The summed E-state index contributed by atoms with van der Waals surface area (Å²) >= 11 is 0. The Morgan fingerprint density at radius 2 is 1.78 bits per heavy atom. The quantitative estimate of drug-likeness (QED) is 0.218. The van der Waals surface area contributed by atoms with Crippen molar-refractivity contribution in [2.45, 2.75) is 30.6 Å². The summed E-state index contributed by atoms with van der Waals surface area (Å²) in [4.78, 5) is 77.9. The molecule has 0 heterocycles. The molecule has 8 atom stereocenters. The van der Waals surface area contributed by atoms with Crippen molar-refractivity contribution in [2.75, 3.05) is 14.1 Å². The molecule has 190 valence electrons. The maximum absolute atomic E-state index is 13.8.